The Hall–Kier alpha value is -2.54. The molecule has 0 saturated carbocycles. The van der Waals surface area contributed by atoms with Crippen LogP contribution in [0.1, 0.15) is 22.3 Å². The Morgan fingerprint density at radius 2 is 1.63 bits per heavy atom. The number of ketones is 1. The van der Waals surface area contributed by atoms with E-state index < -0.39 is 6.36 Å². The van der Waals surface area contributed by atoms with Crippen molar-refractivity contribution in [1.82, 2.24) is 0 Å². The smallest absolute Gasteiger partial charge is 0.406 e. The maximum Gasteiger partial charge on any atom is 0.573 e. The van der Waals surface area contributed by atoms with Gasteiger partial charge in [0.25, 0.3) is 0 Å². The van der Waals surface area contributed by atoms with E-state index in [4.69, 9.17) is 4.74 Å². The molecule has 7 heteroatoms. The quantitative estimate of drug-likeness (QED) is 0.704. The number of hydrogen-bond donors (Lipinski definition) is 0. The van der Waals surface area contributed by atoms with Gasteiger partial charge in [0.1, 0.15) is 5.75 Å². The summed E-state index contributed by atoms with van der Waals surface area (Å²) in [6, 6.07) is 13.1. The highest BCUT2D eigenvalue weighted by atomic mass is 19.4. The first-order valence-corrected chi connectivity index (χ1v) is 8.71. The molecule has 0 bridgehead atoms. The highest BCUT2D eigenvalue weighted by Crippen LogP contribution is 2.23. The second-order valence-corrected chi connectivity index (χ2v) is 6.26. The zero-order valence-corrected chi connectivity index (χ0v) is 14.7. The van der Waals surface area contributed by atoms with Crippen molar-refractivity contribution >= 4 is 11.5 Å². The summed E-state index contributed by atoms with van der Waals surface area (Å²) in [6.45, 7) is 3.07. The zero-order chi connectivity index (χ0) is 19.3. The standard InChI is InChI=1S/C20H20F3NO3/c21-20(22,23)27-18-8-1-15(2-9-18)3-10-19(25)16-4-6-17(7-5-16)24-11-13-26-14-12-24/h1-2,4-9H,3,10-14H2. The van der Waals surface area contributed by atoms with Gasteiger partial charge in [0.2, 0.25) is 0 Å². The van der Waals surface area contributed by atoms with Crippen LogP contribution in [0.5, 0.6) is 5.75 Å². The van der Waals surface area contributed by atoms with E-state index in [1.807, 2.05) is 24.3 Å². The van der Waals surface area contributed by atoms with Gasteiger partial charge in [-0.2, -0.15) is 0 Å². The molecular formula is C20H20F3NO3. The third kappa shape index (κ3) is 5.72. The molecule has 1 heterocycles. The van der Waals surface area contributed by atoms with E-state index in [0.29, 0.717) is 25.2 Å². The molecule has 2 aromatic rings. The predicted molar refractivity (Wildman–Crippen MR) is 95.3 cm³/mol. The number of Topliss-reactive ketones (excluding diaryl/α,β-unsaturated/α-hetero) is 1. The normalized spacial score (nSPS) is 14.9. The number of ether oxygens (including phenoxy) is 2. The Kier molecular flexibility index (Phi) is 6.01. The first kappa shape index (κ1) is 19.2. The van der Waals surface area contributed by atoms with Crippen molar-refractivity contribution in [3.8, 4) is 5.75 Å². The Bertz CT molecular complexity index is 752. The summed E-state index contributed by atoms with van der Waals surface area (Å²) in [5.74, 6) is -0.268. The first-order valence-electron chi connectivity index (χ1n) is 8.71. The monoisotopic (exact) mass is 379 g/mol. The van der Waals surface area contributed by atoms with Crippen molar-refractivity contribution in [2.24, 2.45) is 0 Å². The number of morpholine rings is 1. The fraction of sp³-hybridized carbons (Fsp3) is 0.350. The Labute approximate surface area is 155 Å². The van der Waals surface area contributed by atoms with E-state index in [-0.39, 0.29) is 18.0 Å². The van der Waals surface area contributed by atoms with Crippen LogP contribution in [0.25, 0.3) is 0 Å². The second kappa shape index (κ2) is 8.43. The Morgan fingerprint density at radius 1 is 1.00 bits per heavy atom. The molecule has 0 unspecified atom stereocenters. The molecular weight excluding hydrogens is 359 g/mol. The molecule has 1 fully saturated rings. The van der Waals surface area contributed by atoms with E-state index in [1.165, 1.54) is 24.3 Å². The van der Waals surface area contributed by atoms with Gasteiger partial charge in [0.15, 0.2) is 5.78 Å². The van der Waals surface area contributed by atoms with Gasteiger partial charge in [-0.25, -0.2) is 0 Å². The average molecular weight is 379 g/mol. The van der Waals surface area contributed by atoms with E-state index in [0.717, 1.165) is 24.3 Å². The van der Waals surface area contributed by atoms with Crippen molar-refractivity contribution in [3.05, 3.63) is 59.7 Å². The minimum Gasteiger partial charge on any atom is -0.406 e. The molecule has 0 radical (unpaired) electrons. The summed E-state index contributed by atoms with van der Waals surface area (Å²) < 4.78 is 45.6. The molecule has 0 aromatic heterocycles. The fourth-order valence-electron chi connectivity index (χ4n) is 2.94. The third-order valence-corrected chi connectivity index (χ3v) is 4.36. The average Bonchev–Trinajstić information content (AvgIpc) is 2.67. The van der Waals surface area contributed by atoms with Gasteiger partial charge in [-0.1, -0.05) is 12.1 Å². The lowest BCUT2D eigenvalue weighted by Crippen LogP contribution is -2.36. The molecule has 1 saturated heterocycles. The van der Waals surface area contributed by atoms with Crippen LogP contribution in [0.15, 0.2) is 48.5 Å². The molecule has 144 valence electrons. The maximum atomic E-state index is 12.4. The van der Waals surface area contributed by atoms with Crippen LogP contribution < -0.4 is 9.64 Å². The van der Waals surface area contributed by atoms with Gasteiger partial charge in [0, 0.05) is 30.8 Å². The summed E-state index contributed by atoms with van der Waals surface area (Å²) >= 11 is 0. The van der Waals surface area contributed by atoms with Gasteiger partial charge in [-0.05, 0) is 48.4 Å². The molecule has 27 heavy (non-hydrogen) atoms. The number of halogens is 3. The number of hydrogen-bond acceptors (Lipinski definition) is 4. The van der Waals surface area contributed by atoms with Crippen LogP contribution >= 0.6 is 0 Å². The number of carbonyl (C=O) groups is 1. The maximum absolute atomic E-state index is 12.4. The molecule has 0 atom stereocenters. The van der Waals surface area contributed by atoms with Gasteiger partial charge in [-0.3, -0.25) is 4.79 Å². The van der Waals surface area contributed by atoms with Gasteiger partial charge in [0.05, 0.1) is 13.2 Å². The largest absolute Gasteiger partial charge is 0.573 e. The summed E-state index contributed by atoms with van der Waals surface area (Å²) in [7, 11) is 0. The number of carbonyl (C=O) groups excluding carboxylic acids is 1. The lowest BCUT2D eigenvalue weighted by molar-refractivity contribution is -0.274. The first-order chi connectivity index (χ1) is 12.9. The Balaban J connectivity index is 1.53. The molecule has 4 nitrogen and oxygen atoms in total. The molecule has 0 spiro atoms. The van der Waals surface area contributed by atoms with Gasteiger partial charge >= 0.3 is 6.36 Å². The second-order valence-electron chi connectivity index (χ2n) is 6.26. The number of aryl methyl sites for hydroxylation is 1. The summed E-state index contributed by atoms with van der Waals surface area (Å²) in [5.41, 5.74) is 2.47. The molecule has 0 aliphatic carbocycles. The lowest BCUT2D eigenvalue weighted by Gasteiger charge is -2.28. The van der Waals surface area contributed by atoms with Gasteiger partial charge < -0.3 is 14.4 Å². The van der Waals surface area contributed by atoms with Crippen molar-refractivity contribution < 1.29 is 27.4 Å². The summed E-state index contributed by atoms with van der Waals surface area (Å²) in [6.07, 6.45) is -3.96. The number of alkyl halides is 3. The van der Waals surface area contributed by atoms with Crippen LogP contribution in [0.2, 0.25) is 0 Å². The van der Waals surface area contributed by atoms with E-state index >= 15 is 0 Å². The van der Waals surface area contributed by atoms with Crippen molar-refractivity contribution in [3.63, 3.8) is 0 Å². The number of anilines is 1. The predicted octanol–water partition coefficient (Wildman–Crippen LogP) is 4.24. The molecule has 0 amide bonds. The molecule has 1 aliphatic rings. The van der Waals surface area contributed by atoms with Crippen LogP contribution in [-0.2, 0) is 11.2 Å². The van der Waals surface area contributed by atoms with Gasteiger partial charge in [-0.15, -0.1) is 13.2 Å². The molecule has 2 aromatic carbocycles. The minimum atomic E-state index is -4.70. The van der Waals surface area contributed by atoms with E-state index in [1.54, 1.807) is 0 Å². The number of nitrogens with zero attached hydrogens (tertiary/aromatic N) is 1. The summed E-state index contributed by atoms with van der Waals surface area (Å²) in [4.78, 5) is 14.6. The van der Waals surface area contributed by atoms with Crippen molar-refractivity contribution in [1.29, 1.82) is 0 Å². The van der Waals surface area contributed by atoms with Crippen LogP contribution in [0.4, 0.5) is 18.9 Å². The SMILES string of the molecule is O=C(CCc1ccc(OC(F)(F)F)cc1)c1ccc(N2CCOCC2)cc1. The van der Waals surface area contributed by atoms with Crippen molar-refractivity contribution in [2.45, 2.75) is 19.2 Å². The van der Waals surface area contributed by atoms with Crippen LogP contribution in [-0.4, -0.2) is 38.4 Å². The van der Waals surface area contributed by atoms with Crippen LogP contribution in [0, 0.1) is 0 Å². The topological polar surface area (TPSA) is 38.8 Å². The van der Waals surface area contributed by atoms with E-state index in [9.17, 15) is 18.0 Å². The summed E-state index contributed by atoms with van der Waals surface area (Å²) in [5, 5.41) is 0. The third-order valence-electron chi connectivity index (χ3n) is 4.36. The number of benzene rings is 2. The zero-order valence-electron chi connectivity index (χ0n) is 14.7. The minimum absolute atomic E-state index is 0.000791. The fourth-order valence-corrected chi connectivity index (χ4v) is 2.94. The molecule has 0 N–H and O–H groups in total. The molecule has 1 aliphatic heterocycles. The van der Waals surface area contributed by atoms with Crippen LogP contribution in [0.3, 0.4) is 0 Å². The highest BCUT2D eigenvalue weighted by Gasteiger charge is 2.30. The number of rotatable bonds is 6. The Morgan fingerprint density at radius 3 is 2.22 bits per heavy atom. The van der Waals surface area contributed by atoms with E-state index in [2.05, 4.69) is 9.64 Å². The molecule has 3 rings (SSSR count). The van der Waals surface area contributed by atoms with Crippen molar-refractivity contribution in [2.75, 3.05) is 31.2 Å². The lowest BCUT2D eigenvalue weighted by atomic mass is 10.0. The highest BCUT2D eigenvalue weighted by molar-refractivity contribution is 5.96.